The molecule has 9 rings (SSSR count). The van der Waals surface area contributed by atoms with Crippen LogP contribution in [0.4, 0.5) is 14.6 Å². The summed E-state index contributed by atoms with van der Waals surface area (Å²) in [6.45, 7) is 4.34. The summed E-state index contributed by atoms with van der Waals surface area (Å²) in [6.07, 6.45) is 11.7. The number of benzene rings is 3. The number of aromatic nitrogens is 3. The monoisotopic (exact) mass is 678 g/mol. The summed E-state index contributed by atoms with van der Waals surface area (Å²) in [4.78, 5) is 18.7. The summed E-state index contributed by atoms with van der Waals surface area (Å²) in [5.74, 6) is 1.47. The molecule has 0 radical (unpaired) electrons. The SMILES string of the molecule is C#Cc1c(F)ccc2cc(O)cc(-c3c(Cl)cc4c(N5CC6CCC(C5)N6)nc(OCC5(CN6Cc7cccnc7C6)CC5)nc4c3F)c12. The molecule has 248 valence electrons. The van der Waals surface area contributed by atoms with Crippen LogP contribution in [-0.2, 0) is 13.1 Å². The van der Waals surface area contributed by atoms with E-state index in [1.165, 1.54) is 29.8 Å². The zero-order valence-electron chi connectivity index (χ0n) is 26.6. The quantitative estimate of drug-likeness (QED) is 0.187. The maximum absolute atomic E-state index is 17.1. The summed E-state index contributed by atoms with van der Waals surface area (Å²) < 4.78 is 38.4. The fraction of sp³-hybridized carbons (Fsp3) is 0.342. The molecule has 2 saturated heterocycles. The third kappa shape index (κ3) is 5.32. The van der Waals surface area contributed by atoms with Gasteiger partial charge in [0.1, 0.15) is 22.9 Å². The number of ether oxygens (including phenoxy) is 1. The largest absolute Gasteiger partial charge is 0.508 e. The van der Waals surface area contributed by atoms with Gasteiger partial charge in [0.2, 0.25) is 0 Å². The average Bonchev–Trinajstić information content (AvgIpc) is 3.60. The molecule has 1 aliphatic carbocycles. The fourth-order valence-electron chi connectivity index (χ4n) is 8.04. The first-order valence-electron chi connectivity index (χ1n) is 16.7. The van der Waals surface area contributed by atoms with Crippen molar-refractivity contribution in [3.05, 3.63) is 82.1 Å². The molecule has 2 bridgehead atoms. The van der Waals surface area contributed by atoms with Gasteiger partial charge in [-0.15, -0.1) is 6.42 Å². The first-order valence-corrected chi connectivity index (χ1v) is 17.1. The van der Waals surface area contributed by atoms with Gasteiger partial charge >= 0.3 is 6.01 Å². The Balaban J connectivity index is 1.13. The van der Waals surface area contributed by atoms with Crippen LogP contribution in [0.3, 0.4) is 0 Å². The van der Waals surface area contributed by atoms with Gasteiger partial charge in [0.05, 0.1) is 22.9 Å². The van der Waals surface area contributed by atoms with Crippen molar-refractivity contribution in [2.45, 2.75) is 50.9 Å². The van der Waals surface area contributed by atoms with Crippen LogP contribution in [0.1, 0.15) is 42.5 Å². The Labute approximate surface area is 287 Å². The predicted molar refractivity (Wildman–Crippen MR) is 185 cm³/mol. The highest BCUT2D eigenvalue weighted by Gasteiger charge is 2.46. The Morgan fingerprint density at radius 1 is 1.08 bits per heavy atom. The molecule has 11 heteroatoms. The summed E-state index contributed by atoms with van der Waals surface area (Å²) in [5, 5.41) is 15.5. The number of piperazine rings is 1. The van der Waals surface area contributed by atoms with Crippen molar-refractivity contribution in [1.29, 1.82) is 0 Å². The van der Waals surface area contributed by atoms with Crippen LogP contribution in [0.2, 0.25) is 5.02 Å². The maximum atomic E-state index is 17.1. The minimum Gasteiger partial charge on any atom is -0.508 e. The number of hydrogen-bond donors (Lipinski definition) is 2. The Bertz CT molecular complexity index is 2180. The molecule has 1 saturated carbocycles. The third-order valence-corrected chi connectivity index (χ3v) is 10.9. The van der Waals surface area contributed by atoms with Crippen LogP contribution in [0.25, 0.3) is 32.8 Å². The maximum Gasteiger partial charge on any atom is 0.319 e. The lowest BCUT2D eigenvalue weighted by atomic mass is 9.93. The van der Waals surface area contributed by atoms with Crippen LogP contribution in [0.5, 0.6) is 11.8 Å². The third-order valence-electron chi connectivity index (χ3n) is 10.6. The van der Waals surface area contributed by atoms with Crippen LogP contribution < -0.4 is 15.0 Å². The van der Waals surface area contributed by atoms with Crippen molar-refractivity contribution < 1.29 is 18.6 Å². The van der Waals surface area contributed by atoms with E-state index in [-0.39, 0.29) is 49.8 Å². The number of halogens is 3. The number of hydrogen-bond acceptors (Lipinski definition) is 8. The Morgan fingerprint density at radius 3 is 2.65 bits per heavy atom. The van der Waals surface area contributed by atoms with E-state index in [0.29, 0.717) is 48.4 Å². The lowest BCUT2D eigenvalue weighted by Crippen LogP contribution is -2.51. The smallest absolute Gasteiger partial charge is 0.319 e. The van der Waals surface area contributed by atoms with E-state index in [1.807, 2.05) is 12.3 Å². The number of nitrogens with one attached hydrogen (secondary N) is 1. The highest BCUT2D eigenvalue weighted by Crippen LogP contribution is 2.48. The van der Waals surface area contributed by atoms with Gasteiger partial charge in [-0.2, -0.15) is 9.97 Å². The average molecular weight is 679 g/mol. The van der Waals surface area contributed by atoms with Crippen LogP contribution >= 0.6 is 11.6 Å². The molecular weight excluding hydrogens is 646 g/mol. The molecular formula is C38H33ClF2N6O2. The van der Waals surface area contributed by atoms with Crippen molar-refractivity contribution >= 4 is 39.1 Å². The van der Waals surface area contributed by atoms with Gasteiger partial charge in [-0.25, -0.2) is 8.78 Å². The summed E-state index contributed by atoms with van der Waals surface area (Å²) in [7, 11) is 0. The minimum atomic E-state index is -0.725. The normalized spacial score (nSPS) is 20.9. The van der Waals surface area contributed by atoms with Gasteiger partial charge in [0, 0.05) is 72.8 Å². The van der Waals surface area contributed by atoms with Gasteiger partial charge in [-0.3, -0.25) is 9.88 Å². The molecule has 3 aromatic carbocycles. The second-order valence-corrected chi connectivity index (χ2v) is 14.4. The molecule has 2 unspecified atom stereocenters. The molecule has 0 amide bonds. The van der Waals surface area contributed by atoms with Crippen molar-refractivity contribution in [1.82, 2.24) is 25.2 Å². The van der Waals surface area contributed by atoms with Gasteiger partial charge in [0.25, 0.3) is 0 Å². The molecule has 2 atom stereocenters. The van der Waals surface area contributed by atoms with E-state index in [9.17, 15) is 9.50 Å². The minimum absolute atomic E-state index is 0.0333. The summed E-state index contributed by atoms with van der Waals surface area (Å²) in [5.41, 5.74) is 2.46. The number of nitrogens with zero attached hydrogens (tertiary/aromatic N) is 5. The number of aromatic hydroxyl groups is 1. The second kappa shape index (κ2) is 11.5. The second-order valence-electron chi connectivity index (χ2n) is 14.0. The molecule has 0 spiro atoms. The topological polar surface area (TPSA) is 86.6 Å². The van der Waals surface area contributed by atoms with E-state index in [0.717, 1.165) is 51.0 Å². The lowest BCUT2D eigenvalue weighted by Gasteiger charge is -2.34. The molecule has 49 heavy (non-hydrogen) atoms. The fourth-order valence-corrected chi connectivity index (χ4v) is 8.33. The van der Waals surface area contributed by atoms with Crippen molar-refractivity contribution in [2.24, 2.45) is 5.41 Å². The zero-order valence-corrected chi connectivity index (χ0v) is 27.4. The summed E-state index contributed by atoms with van der Waals surface area (Å²) >= 11 is 6.90. The first-order chi connectivity index (χ1) is 23.8. The molecule has 2 aromatic heterocycles. The van der Waals surface area contributed by atoms with E-state index in [1.54, 1.807) is 6.07 Å². The van der Waals surface area contributed by atoms with E-state index < -0.39 is 11.6 Å². The summed E-state index contributed by atoms with van der Waals surface area (Å²) in [6, 6.07) is 12.0. The van der Waals surface area contributed by atoms with Gasteiger partial charge < -0.3 is 20.1 Å². The highest BCUT2D eigenvalue weighted by atomic mass is 35.5. The lowest BCUT2D eigenvalue weighted by molar-refractivity contribution is 0.154. The number of phenolic OH excluding ortho intramolecular Hbond substituents is 1. The van der Waals surface area contributed by atoms with E-state index in [2.05, 4.69) is 37.1 Å². The number of pyridine rings is 1. The van der Waals surface area contributed by atoms with E-state index >= 15 is 4.39 Å². The molecule has 3 fully saturated rings. The molecule has 2 N–H and O–H groups in total. The number of phenols is 1. The molecule has 4 aliphatic rings. The first kappa shape index (κ1) is 30.5. The number of anilines is 1. The highest BCUT2D eigenvalue weighted by molar-refractivity contribution is 6.35. The predicted octanol–water partition coefficient (Wildman–Crippen LogP) is 6.58. The number of fused-ring (bicyclic) bond motifs is 5. The van der Waals surface area contributed by atoms with Crippen LogP contribution in [0.15, 0.2) is 48.7 Å². The van der Waals surface area contributed by atoms with Gasteiger partial charge in [-0.1, -0.05) is 29.7 Å². The Kier molecular flexibility index (Phi) is 7.16. The number of terminal acetylenes is 1. The standard InChI is InChI=1S/C38H33ClF2N6O2/c1-2-26-30(40)8-5-21-12-25(48)13-27(32(21)26)33-29(39)14-28-35(34(33)41)44-37(45-36(28)47-16-23-6-7-24(17-47)43-23)49-20-38(9-10-38)19-46-15-22-4-3-11-42-31(22)18-46/h1,3-5,8,11-14,23-24,43,48H,6-7,9-10,15-20H2. The van der Waals surface area contributed by atoms with Gasteiger partial charge in [0.15, 0.2) is 5.82 Å². The zero-order chi connectivity index (χ0) is 33.4. The molecule has 8 nitrogen and oxygen atoms in total. The Hall–Kier alpha value is -4.56. The van der Waals surface area contributed by atoms with Gasteiger partial charge in [-0.05, 0) is 72.5 Å². The van der Waals surface area contributed by atoms with Crippen molar-refractivity contribution in [3.8, 4) is 35.2 Å². The molecule has 5 aromatic rings. The Morgan fingerprint density at radius 2 is 1.90 bits per heavy atom. The number of rotatable bonds is 7. The van der Waals surface area contributed by atoms with Crippen molar-refractivity contribution in [2.75, 3.05) is 31.1 Å². The molecule has 3 aliphatic heterocycles. The van der Waals surface area contributed by atoms with Crippen molar-refractivity contribution in [3.63, 3.8) is 0 Å². The van der Waals surface area contributed by atoms with E-state index in [4.69, 9.17) is 27.7 Å². The molecule has 5 heterocycles. The van der Waals surface area contributed by atoms with Crippen LogP contribution in [0, 0.1) is 29.4 Å². The van der Waals surface area contributed by atoms with Crippen LogP contribution in [-0.4, -0.2) is 63.3 Å².